The van der Waals surface area contributed by atoms with E-state index in [2.05, 4.69) is 54.1 Å². The van der Waals surface area contributed by atoms with Crippen LogP contribution in [-0.4, -0.2) is 51.3 Å². The van der Waals surface area contributed by atoms with Gasteiger partial charge in [0.1, 0.15) is 11.6 Å². The van der Waals surface area contributed by atoms with E-state index in [1.807, 2.05) is 13.0 Å². The molecular weight excluding hydrogens is 326 g/mol. The Morgan fingerprint density at radius 3 is 2.65 bits per heavy atom. The number of hydrogen-bond donors (Lipinski definition) is 0. The topological polar surface area (TPSA) is 70.9 Å². The van der Waals surface area contributed by atoms with Crippen LogP contribution in [0, 0.1) is 6.92 Å². The van der Waals surface area contributed by atoms with Gasteiger partial charge in [0.15, 0.2) is 5.82 Å². The molecule has 5 rings (SSSR count). The third kappa shape index (κ3) is 2.64. The highest BCUT2D eigenvalue weighted by Crippen LogP contribution is 2.39. The maximum absolute atomic E-state index is 4.68. The van der Waals surface area contributed by atoms with E-state index in [4.69, 9.17) is 0 Å². The molecule has 3 aromatic heterocycles. The third-order valence-electron chi connectivity index (χ3n) is 5.33. The van der Waals surface area contributed by atoms with Gasteiger partial charge in [-0.3, -0.25) is 4.98 Å². The fourth-order valence-corrected chi connectivity index (χ4v) is 3.51. The molecule has 1 saturated carbocycles. The molecule has 1 aliphatic heterocycles. The maximum atomic E-state index is 4.68. The van der Waals surface area contributed by atoms with Gasteiger partial charge in [0.2, 0.25) is 0 Å². The predicted octanol–water partition coefficient (Wildman–Crippen LogP) is 2.33. The summed E-state index contributed by atoms with van der Waals surface area (Å²) in [7, 11) is 2.10. The van der Waals surface area contributed by atoms with Crippen molar-refractivity contribution in [3.05, 3.63) is 42.1 Å². The SMILES string of the molecule is Cc1nc(N(C)C2CN(c3ccc(C4CC4)nn3)C2)c2ccncc2n1. The summed E-state index contributed by atoms with van der Waals surface area (Å²) in [6, 6.07) is 6.61. The van der Waals surface area contributed by atoms with Gasteiger partial charge in [-0.2, -0.15) is 5.10 Å². The molecule has 2 aliphatic rings. The van der Waals surface area contributed by atoms with Gasteiger partial charge in [0.25, 0.3) is 0 Å². The van der Waals surface area contributed by atoms with Crippen LogP contribution in [0.5, 0.6) is 0 Å². The molecular formula is C19H21N7. The fourth-order valence-electron chi connectivity index (χ4n) is 3.51. The molecule has 4 heterocycles. The van der Waals surface area contributed by atoms with Crippen LogP contribution in [0.3, 0.4) is 0 Å². The summed E-state index contributed by atoms with van der Waals surface area (Å²) in [5.41, 5.74) is 2.03. The Bertz CT molecular complexity index is 946. The van der Waals surface area contributed by atoms with Gasteiger partial charge < -0.3 is 9.80 Å². The molecule has 2 fully saturated rings. The minimum Gasteiger partial charge on any atom is -0.352 e. The molecule has 0 amide bonds. The van der Waals surface area contributed by atoms with Crippen LogP contribution in [0.25, 0.3) is 10.9 Å². The minimum atomic E-state index is 0.394. The summed E-state index contributed by atoms with van der Waals surface area (Å²) in [5.74, 6) is 3.35. The first kappa shape index (κ1) is 15.4. The Labute approximate surface area is 152 Å². The standard InChI is InChI=1S/C19H21N7/c1-12-21-17-9-20-8-7-15(17)19(22-12)25(2)14-10-26(11-14)18-6-5-16(23-24-18)13-3-4-13/h5-9,13-14H,3-4,10-11H2,1-2H3. The third-order valence-corrected chi connectivity index (χ3v) is 5.33. The number of anilines is 2. The monoisotopic (exact) mass is 347 g/mol. The Morgan fingerprint density at radius 2 is 1.92 bits per heavy atom. The number of rotatable bonds is 4. The Balaban J connectivity index is 1.33. The van der Waals surface area contributed by atoms with E-state index in [9.17, 15) is 0 Å². The number of aromatic nitrogens is 5. The summed E-state index contributed by atoms with van der Waals surface area (Å²) in [6.07, 6.45) is 6.10. The van der Waals surface area contributed by atoms with E-state index in [1.54, 1.807) is 12.4 Å². The minimum absolute atomic E-state index is 0.394. The molecule has 132 valence electrons. The molecule has 7 nitrogen and oxygen atoms in total. The van der Waals surface area contributed by atoms with Gasteiger partial charge in [-0.15, -0.1) is 5.10 Å². The van der Waals surface area contributed by atoms with Crippen LogP contribution in [0.15, 0.2) is 30.6 Å². The summed E-state index contributed by atoms with van der Waals surface area (Å²) < 4.78 is 0. The molecule has 0 N–H and O–H groups in total. The molecule has 0 radical (unpaired) electrons. The van der Waals surface area contributed by atoms with E-state index in [0.29, 0.717) is 12.0 Å². The van der Waals surface area contributed by atoms with Gasteiger partial charge in [0, 0.05) is 37.6 Å². The number of pyridine rings is 1. The number of hydrogen-bond acceptors (Lipinski definition) is 7. The van der Waals surface area contributed by atoms with Crippen LogP contribution < -0.4 is 9.80 Å². The first-order valence-electron chi connectivity index (χ1n) is 9.09. The Hall–Kier alpha value is -2.83. The zero-order chi connectivity index (χ0) is 17.7. The maximum Gasteiger partial charge on any atom is 0.151 e. The van der Waals surface area contributed by atoms with Gasteiger partial charge >= 0.3 is 0 Å². The van der Waals surface area contributed by atoms with Crippen LogP contribution in [-0.2, 0) is 0 Å². The highest BCUT2D eigenvalue weighted by molar-refractivity contribution is 5.89. The van der Waals surface area contributed by atoms with Gasteiger partial charge in [-0.05, 0) is 38.0 Å². The molecule has 0 aromatic carbocycles. The highest BCUT2D eigenvalue weighted by atomic mass is 15.4. The lowest BCUT2D eigenvalue weighted by Gasteiger charge is -2.45. The molecule has 3 aromatic rings. The first-order chi connectivity index (χ1) is 12.7. The Morgan fingerprint density at radius 1 is 1.08 bits per heavy atom. The van der Waals surface area contributed by atoms with Crippen molar-refractivity contribution in [2.45, 2.75) is 31.7 Å². The van der Waals surface area contributed by atoms with E-state index >= 15 is 0 Å². The highest BCUT2D eigenvalue weighted by Gasteiger charge is 2.33. The van der Waals surface area contributed by atoms with Crippen LogP contribution in [0.1, 0.15) is 30.3 Å². The summed E-state index contributed by atoms with van der Waals surface area (Å²) in [5, 5.41) is 9.85. The zero-order valence-electron chi connectivity index (χ0n) is 15.0. The quantitative estimate of drug-likeness (QED) is 0.717. The molecule has 0 bridgehead atoms. The lowest BCUT2D eigenvalue weighted by molar-refractivity contribution is 0.488. The average molecular weight is 347 g/mol. The van der Waals surface area contributed by atoms with Crippen molar-refractivity contribution >= 4 is 22.5 Å². The van der Waals surface area contributed by atoms with E-state index in [0.717, 1.165) is 47.1 Å². The smallest absolute Gasteiger partial charge is 0.151 e. The van der Waals surface area contributed by atoms with E-state index < -0.39 is 0 Å². The Kier molecular flexibility index (Phi) is 3.48. The molecule has 0 unspecified atom stereocenters. The average Bonchev–Trinajstić information content (AvgIpc) is 3.45. The van der Waals surface area contributed by atoms with Crippen LogP contribution in [0.4, 0.5) is 11.6 Å². The molecule has 7 heteroatoms. The van der Waals surface area contributed by atoms with Crippen LogP contribution >= 0.6 is 0 Å². The first-order valence-corrected chi connectivity index (χ1v) is 9.09. The van der Waals surface area contributed by atoms with E-state index in [-0.39, 0.29) is 0 Å². The summed E-state index contributed by atoms with van der Waals surface area (Å²) in [4.78, 5) is 17.9. The van der Waals surface area contributed by atoms with Gasteiger partial charge in [-0.1, -0.05) is 0 Å². The van der Waals surface area contributed by atoms with E-state index in [1.165, 1.54) is 12.8 Å². The molecule has 1 aliphatic carbocycles. The lowest BCUT2D eigenvalue weighted by Crippen LogP contribution is -2.59. The van der Waals surface area contributed by atoms with Crippen molar-refractivity contribution in [2.75, 3.05) is 29.9 Å². The molecule has 0 atom stereocenters. The fraction of sp³-hybridized carbons (Fsp3) is 0.421. The number of aryl methyl sites for hydroxylation is 1. The predicted molar refractivity (Wildman–Crippen MR) is 100 cm³/mol. The zero-order valence-corrected chi connectivity index (χ0v) is 15.0. The second-order valence-electron chi connectivity index (χ2n) is 7.25. The van der Waals surface area contributed by atoms with Crippen LogP contribution in [0.2, 0.25) is 0 Å². The number of fused-ring (bicyclic) bond motifs is 1. The normalized spacial score (nSPS) is 17.4. The van der Waals surface area contributed by atoms with Crippen molar-refractivity contribution < 1.29 is 0 Å². The van der Waals surface area contributed by atoms with Crippen molar-refractivity contribution in [1.82, 2.24) is 25.1 Å². The second-order valence-corrected chi connectivity index (χ2v) is 7.25. The van der Waals surface area contributed by atoms with Crippen molar-refractivity contribution in [3.63, 3.8) is 0 Å². The van der Waals surface area contributed by atoms with Crippen molar-refractivity contribution in [3.8, 4) is 0 Å². The lowest BCUT2D eigenvalue weighted by atomic mass is 10.1. The summed E-state index contributed by atoms with van der Waals surface area (Å²) in [6.45, 7) is 3.76. The molecule has 0 spiro atoms. The number of nitrogens with zero attached hydrogens (tertiary/aromatic N) is 7. The largest absolute Gasteiger partial charge is 0.352 e. The van der Waals surface area contributed by atoms with Gasteiger partial charge in [0.05, 0.1) is 23.4 Å². The van der Waals surface area contributed by atoms with Crippen molar-refractivity contribution in [2.24, 2.45) is 0 Å². The second kappa shape index (κ2) is 5.86. The number of likely N-dealkylation sites (N-methyl/N-ethyl adjacent to an activating group) is 1. The molecule has 26 heavy (non-hydrogen) atoms. The van der Waals surface area contributed by atoms with Crippen molar-refractivity contribution in [1.29, 1.82) is 0 Å². The molecule has 1 saturated heterocycles. The van der Waals surface area contributed by atoms with Gasteiger partial charge in [-0.25, -0.2) is 9.97 Å². The summed E-state index contributed by atoms with van der Waals surface area (Å²) >= 11 is 0.